The molecule has 1 unspecified atom stereocenters. The van der Waals surface area contributed by atoms with Crippen molar-refractivity contribution in [3.8, 4) is 0 Å². The highest BCUT2D eigenvalue weighted by molar-refractivity contribution is 7.08. The van der Waals surface area contributed by atoms with Crippen molar-refractivity contribution in [2.45, 2.75) is 18.8 Å². The summed E-state index contributed by atoms with van der Waals surface area (Å²) in [5.41, 5.74) is 1.17. The molecule has 1 atom stereocenters. The van der Waals surface area contributed by atoms with Crippen molar-refractivity contribution >= 4 is 17.2 Å². The van der Waals surface area contributed by atoms with Crippen LogP contribution in [0.15, 0.2) is 52.3 Å². The summed E-state index contributed by atoms with van der Waals surface area (Å²) >= 11 is 1.65. The van der Waals surface area contributed by atoms with Crippen LogP contribution in [-0.2, 0) is 4.79 Å². The van der Waals surface area contributed by atoms with Crippen LogP contribution >= 0.6 is 11.3 Å². The average Bonchev–Trinajstić information content (AvgIpc) is 3.09. The molecule has 0 aliphatic rings. The van der Waals surface area contributed by atoms with Gasteiger partial charge in [0.05, 0.1) is 12.2 Å². The molecule has 2 rings (SSSR count). The molecular formula is C15H17NO2S. The molecule has 0 fully saturated rings. The molecule has 1 N–H and O–H groups in total. The molecule has 4 heteroatoms. The van der Waals surface area contributed by atoms with Gasteiger partial charge in [-0.05, 0) is 40.9 Å². The predicted molar refractivity (Wildman–Crippen MR) is 77.3 cm³/mol. The van der Waals surface area contributed by atoms with E-state index in [1.807, 2.05) is 17.5 Å². The molecule has 0 saturated carbocycles. The molecule has 2 heterocycles. The Morgan fingerprint density at radius 3 is 3.05 bits per heavy atom. The minimum absolute atomic E-state index is 0.0479. The zero-order chi connectivity index (χ0) is 13.5. The van der Waals surface area contributed by atoms with Gasteiger partial charge in [-0.15, -0.1) is 6.58 Å². The van der Waals surface area contributed by atoms with Gasteiger partial charge in [0.25, 0.3) is 0 Å². The van der Waals surface area contributed by atoms with E-state index in [0.717, 1.165) is 5.76 Å². The van der Waals surface area contributed by atoms with Crippen LogP contribution in [0.1, 0.15) is 30.1 Å². The fourth-order valence-corrected chi connectivity index (χ4v) is 2.60. The van der Waals surface area contributed by atoms with Gasteiger partial charge in [-0.25, -0.2) is 0 Å². The van der Waals surface area contributed by atoms with Crippen LogP contribution in [-0.4, -0.2) is 12.5 Å². The summed E-state index contributed by atoms with van der Waals surface area (Å²) in [6, 6.07) is 5.88. The summed E-state index contributed by atoms with van der Waals surface area (Å²) in [5.74, 6) is 1.00. The number of carbonyl (C=O) groups is 1. The van der Waals surface area contributed by atoms with E-state index in [1.165, 1.54) is 5.56 Å². The number of carbonyl (C=O) groups excluding carboxylic acids is 1. The second-order valence-electron chi connectivity index (χ2n) is 4.26. The lowest BCUT2D eigenvalue weighted by Gasteiger charge is -2.14. The predicted octanol–water partition coefficient (Wildman–Crippen LogP) is 3.56. The number of nitrogens with one attached hydrogen (secondary N) is 1. The minimum atomic E-state index is 0.0479. The second kappa shape index (κ2) is 6.95. The number of hydrogen-bond donors (Lipinski definition) is 1. The molecule has 2 aromatic heterocycles. The first-order valence-electron chi connectivity index (χ1n) is 6.24. The fraction of sp³-hybridized carbons (Fsp3) is 0.267. The number of furan rings is 1. The van der Waals surface area contributed by atoms with Gasteiger partial charge < -0.3 is 9.73 Å². The third-order valence-electron chi connectivity index (χ3n) is 2.91. The largest absolute Gasteiger partial charge is 0.469 e. The monoisotopic (exact) mass is 275 g/mol. The van der Waals surface area contributed by atoms with Gasteiger partial charge in [-0.3, -0.25) is 4.79 Å². The molecule has 0 aliphatic heterocycles. The van der Waals surface area contributed by atoms with Crippen LogP contribution in [0.2, 0.25) is 0 Å². The Labute approximate surface area is 116 Å². The van der Waals surface area contributed by atoms with Gasteiger partial charge in [0.2, 0.25) is 5.91 Å². The average molecular weight is 275 g/mol. The van der Waals surface area contributed by atoms with Gasteiger partial charge in [0.15, 0.2) is 0 Å². The van der Waals surface area contributed by atoms with Gasteiger partial charge in [-0.2, -0.15) is 11.3 Å². The van der Waals surface area contributed by atoms with Crippen molar-refractivity contribution < 1.29 is 9.21 Å². The highest BCUT2D eigenvalue weighted by Gasteiger charge is 2.18. The molecule has 0 saturated heterocycles. The SMILES string of the molecule is C=CCCC(=O)NCC(c1ccsc1)c1ccco1. The van der Waals surface area contributed by atoms with Gasteiger partial charge in [0, 0.05) is 13.0 Å². The molecule has 100 valence electrons. The van der Waals surface area contributed by atoms with Gasteiger partial charge >= 0.3 is 0 Å². The number of amides is 1. The first-order chi connectivity index (χ1) is 9.31. The van der Waals surface area contributed by atoms with Crippen LogP contribution in [0.4, 0.5) is 0 Å². The normalized spacial score (nSPS) is 12.0. The zero-order valence-corrected chi connectivity index (χ0v) is 11.5. The van der Waals surface area contributed by atoms with Crippen molar-refractivity contribution in [3.05, 3.63) is 59.2 Å². The molecule has 0 aliphatic carbocycles. The number of rotatable bonds is 7. The lowest BCUT2D eigenvalue weighted by atomic mass is 9.99. The second-order valence-corrected chi connectivity index (χ2v) is 5.04. The molecule has 0 aromatic carbocycles. The first-order valence-corrected chi connectivity index (χ1v) is 7.18. The van der Waals surface area contributed by atoms with Crippen LogP contribution in [0.3, 0.4) is 0 Å². The fourth-order valence-electron chi connectivity index (χ4n) is 1.88. The summed E-state index contributed by atoms with van der Waals surface area (Å²) in [7, 11) is 0. The van der Waals surface area contributed by atoms with Gasteiger partial charge in [0.1, 0.15) is 5.76 Å². The maximum atomic E-state index is 11.7. The molecule has 0 bridgehead atoms. The molecule has 19 heavy (non-hydrogen) atoms. The molecule has 0 spiro atoms. The maximum Gasteiger partial charge on any atom is 0.220 e. The van der Waals surface area contributed by atoms with Crippen LogP contribution in [0, 0.1) is 0 Å². The van der Waals surface area contributed by atoms with E-state index in [2.05, 4.69) is 23.3 Å². The number of allylic oxidation sites excluding steroid dienone is 1. The van der Waals surface area contributed by atoms with Crippen LogP contribution < -0.4 is 5.32 Å². The standard InChI is InChI=1S/C15H17NO2S/c1-2-3-6-15(17)16-10-13(12-7-9-19-11-12)14-5-4-8-18-14/h2,4-5,7-9,11,13H,1,3,6,10H2,(H,16,17). The van der Waals surface area contributed by atoms with E-state index in [4.69, 9.17) is 4.42 Å². The van der Waals surface area contributed by atoms with E-state index in [-0.39, 0.29) is 11.8 Å². The van der Waals surface area contributed by atoms with E-state index < -0.39 is 0 Å². The Kier molecular flexibility index (Phi) is 4.98. The molecule has 2 aromatic rings. The highest BCUT2D eigenvalue weighted by Crippen LogP contribution is 2.26. The summed E-state index contributed by atoms with van der Waals surface area (Å²) < 4.78 is 5.47. The maximum absolute atomic E-state index is 11.7. The van der Waals surface area contributed by atoms with E-state index in [9.17, 15) is 4.79 Å². The molecule has 1 amide bonds. The van der Waals surface area contributed by atoms with E-state index in [1.54, 1.807) is 23.7 Å². The first kappa shape index (κ1) is 13.6. The summed E-state index contributed by atoms with van der Waals surface area (Å²) in [5, 5.41) is 7.07. The zero-order valence-electron chi connectivity index (χ0n) is 10.7. The van der Waals surface area contributed by atoms with Crippen molar-refractivity contribution in [3.63, 3.8) is 0 Å². The Balaban J connectivity index is 2.00. The quantitative estimate of drug-likeness (QED) is 0.785. The smallest absolute Gasteiger partial charge is 0.220 e. The van der Waals surface area contributed by atoms with Crippen molar-refractivity contribution in [2.75, 3.05) is 6.54 Å². The third-order valence-corrected chi connectivity index (χ3v) is 3.61. The Morgan fingerprint density at radius 2 is 2.42 bits per heavy atom. The van der Waals surface area contributed by atoms with E-state index >= 15 is 0 Å². The third kappa shape index (κ3) is 3.83. The topological polar surface area (TPSA) is 42.2 Å². The Morgan fingerprint density at radius 1 is 1.53 bits per heavy atom. The Hall–Kier alpha value is -1.81. The minimum Gasteiger partial charge on any atom is -0.469 e. The number of thiophene rings is 1. The summed E-state index contributed by atoms with van der Waals surface area (Å²) in [6.07, 6.45) is 4.60. The highest BCUT2D eigenvalue weighted by atomic mass is 32.1. The molecular weight excluding hydrogens is 258 g/mol. The van der Waals surface area contributed by atoms with Crippen molar-refractivity contribution in [2.24, 2.45) is 0 Å². The van der Waals surface area contributed by atoms with Crippen molar-refractivity contribution in [1.82, 2.24) is 5.32 Å². The lowest BCUT2D eigenvalue weighted by Crippen LogP contribution is -2.28. The summed E-state index contributed by atoms with van der Waals surface area (Å²) in [6.45, 7) is 4.17. The van der Waals surface area contributed by atoms with Crippen molar-refractivity contribution in [1.29, 1.82) is 0 Å². The van der Waals surface area contributed by atoms with Crippen LogP contribution in [0.5, 0.6) is 0 Å². The summed E-state index contributed by atoms with van der Waals surface area (Å²) in [4.78, 5) is 11.7. The van der Waals surface area contributed by atoms with Gasteiger partial charge in [-0.1, -0.05) is 6.08 Å². The van der Waals surface area contributed by atoms with E-state index in [0.29, 0.717) is 19.4 Å². The molecule has 0 radical (unpaired) electrons. The Bertz CT molecular complexity index is 468. The molecule has 3 nitrogen and oxygen atoms in total. The number of hydrogen-bond acceptors (Lipinski definition) is 3. The lowest BCUT2D eigenvalue weighted by molar-refractivity contribution is -0.121. The van der Waals surface area contributed by atoms with Crippen LogP contribution in [0.25, 0.3) is 0 Å².